The monoisotopic (exact) mass is 552 g/mol. The van der Waals surface area contributed by atoms with Crippen molar-refractivity contribution in [3.05, 3.63) is 58.7 Å². The minimum Gasteiger partial charge on any atom is -0.313 e. The molecule has 1 aliphatic heterocycles. The summed E-state index contributed by atoms with van der Waals surface area (Å²) in [4.78, 5) is 12.2. The Kier molecular flexibility index (Phi) is 7.48. The Morgan fingerprint density at radius 2 is 0.821 bits per heavy atom. The molecule has 2 aromatic rings. The molecule has 0 unspecified atom stereocenters. The molecule has 1 aliphatic carbocycles. The SMILES string of the molecule is CC(C)(C)c1cc(N2[C@@H]3CCCC[C@H]3N(c3cc(C(C)(C)C)cc(C(C)(C)C)c3)P2(=O)O)cc(C(C)(C)C)c1. The predicted octanol–water partition coefficient (Wildman–Crippen LogP) is 9.61. The summed E-state index contributed by atoms with van der Waals surface area (Å²) in [5, 5.41) is 0. The van der Waals surface area contributed by atoms with Gasteiger partial charge in [-0.15, -0.1) is 0 Å². The van der Waals surface area contributed by atoms with Crippen molar-refractivity contribution >= 4 is 19.0 Å². The van der Waals surface area contributed by atoms with Gasteiger partial charge in [-0.3, -0.25) is 9.34 Å². The van der Waals surface area contributed by atoms with Crippen LogP contribution in [-0.2, 0) is 26.2 Å². The van der Waals surface area contributed by atoms with E-state index in [4.69, 9.17) is 0 Å². The van der Waals surface area contributed by atoms with Crippen LogP contribution < -0.4 is 9.34 Å². The zero-order valence-electron chi connectivity index (χ0n) is 26.6. The molecule has 0 aromatic heterocycles. The molecule has 4 nitrogen and oxygen atoms in total. The van der Waals surface area contributed by atoms with Crippen molar-refractivity contribution in [2.45, 2.75) is 143 Å². The first kappa shape index (κ1) is 30.2. The third-order valence-electron chi connectivity index (χ3n) is 8.71. The van der Waals surface area contributed by atoms with E-state index in [-0.39, 0.29) is 33.7 Å². The molecule has 0 amide bonds. The van der Waals surface area contributed by atoms with Crippen LogP contribution in [-0.4, -0.2) is 17.0 Å². The van der Waals surface area contributed by atoms with Gasteiger partial charge in [0.15, 0.2) is 0 Å². The second-order valence-corrected chi connectivity index (χ2v) is 18.0. The van der Waals surface area contributed by atoms with E-state index in [2.05, 4.69) is 119 Å². The Hall–Kier alpha value is -1.77. The molecular weight excluding hydrogens is 499 g/mol. The fourth-order valence-electron chi connectivity index (χ4n) is 6.06. The van der Waals surface area contributed by atoms with Crippen LogP contribution in [0.15, 0.2) is 36.4 Å². The van der Waals surface area contributed by atoms with E-state index in [1.165, 1.54) is 22.3 Å². The lowest BCUT2D eigenvalue weighted by molar-refractivity contribution is 0.409. The number of benzene rings is 2. The third-order valence-corrected chi connectivity index (χ3v) is 10.9. The summed E-state index contributed by atoms with van der Waals surface area (Å²) in [6.07, 6.45) is 4.04. The van der Waals surface area contributed by atoms with Crippen molar-refractivity contribution < 1.29 is 9.46 Å². The molecule has 1 N–H and O–H groups in total. The summed E-state index contributed by atoms with van der Waals surface area (Å²) < 4.78 is 18.8. The first-order valence-electron chi connectivity index (χ1n) is 14.9. The molecule has 1 saturated carbocycles. The Morgan fingerprint density at radius 1 is 0.564 bits per heavy atom. The minimum atomic E-state index is -3.93. The minimum absolute atomic E-state index is 0.00833. The molecule has 2 aliphatic rings. The molecule has 0 spiro atoms. The van der Waals surface area contributed by atoms with Crippen LogP contribution in [0.5, 0.6) is 0 Å². The van der Waals surface area contributed by atoms with Crippen molar-refractivity contribution in [2.75, 3.05) is 9.34 Å². The van der Waals surface area contributed by atoms with E-state index in [1.807, 2.05) is 9.34 Å². The maximum atomic E-state index is 14.9. The molecule has 1 saturated heterocycles. The lowest BCUT2D eigenvalue weighted by atomic mass is 9.80. The van der Waals surface area contributed by atoms with Gasteiger partial charge in [-0.1, -0.05) is 108 Å². The maximum Gasteiger partial charge on any atom is 0.395 e. The van der Waals surface area contributed by atoms with E-state index in [1.54, 1.807) is 0 Å². The second-order valence-electron chi connectivity index (χ2n) is 16.2. The van der Waals surface area contributed by atoms with Crippen molar-refractivity contribution in [3.8, 4) is 0 Å². The summed E-state index contributed by atoms with van der Waals surface area (Å²) in [6.45, 7) is 26.7. The molecule has 1 heterocycles. The molecule has 0 bridgehead atoms. The first-order valence-corrected chi connectivity index (χ1v) is 16.4. The Balaban J connectivity index is 1.95. The summed E-state index contributed by atoms with van der Waals surface area (Å²) in [7, 11) is -3.93. The standard InChI is InChI=1S/C34H53N2O2P/c1-31(2,3)23-17-24(32(4,5)6)20-27(19-23)35-29-15-13-14-16-30(29)36(39(35,37)38)28-21-25(33(7,8)9)18-26(22-28)34(10,11)12/h17-22,29-30H,13-16H2,1-12H3,(H,37,38)/t29-,30-/m1/s1. The fraction of sp³-hybridized carbons (Fsp3) is 0.647. The zero-order valence-corrected chi connectivity index (χ0v) is 27.5. The van der Waals surface area contributed by atoms with E-state index < -0.39 is 7.67 Å². The molecular formula is C34H53N2O2P. The molecule has 39 heavy (non-hydrogen) atoms. The molecule has 2 atom stereocenters. The highest BCUT2D eigenvalue weighted by atomic mass is 31.2. The summed E-state index contributed by atoms with van der Waals surface area (Å²) in [6, 6.07) is 13.3. The van der Waals surface area contributed by atoms with Crippen molar-refractivity contribution in [1.29, 1.82) is 0 Å². The van der Waals surface area contributed by atoms with E-state index in [9.17, 15) is 9.46 Å². The van der Waals surface area contributed by atoms with Crippen molar-refractivity contribution in [2.24, 2.45) is 0 Å². The summed E-state index contributed by atoms with van der Waals surface area (Å²) >= 11 is 0. The Bertz CT molecular complexity index is 1110. The number of hydrogen-bond acceptors (Lipinski definition) is 1. The van der Waals surface area contributed by atoms with Gasteiger partial charge < -0.3 is 4.89 Å². The molecule has 5 heteroatoms. The number of fused-ring (bicyclic) bond motifs is 1. The second kappa shape index (κ2) is 9.66. The van der Waals surface area contributed by atoms with Gasteiger partial charge >= 0.3 is 7.67 Å². The predicted molar refractivity (Wildman–Crippen MR) is 169 cm³/mol. The highest BCUT2D eigenvalue weighted by Gasteiger charge is 2.55. The number of anilines is 2. The van der Waals surface area contributed by atoms with Gasteiger partial charge in [0, 0.05) is 11.4 Å². The average molecular weight is 553 g/mol. The zero-order chi connectivity index (χ0) is 29.3. The highest BCUT2D eigenvalue weighted by Crippen LogP contribution is 2.64. The van der Waals surface area contributed by atoms with Gasteiger partial charge in [0.1, 0.15) is 0 Å². The largest absolute Gasteiger partial charge is 0.395 e. The van der Waals surface area contributed by atoms with Crippen LogP contribution in [0.25, 0.3) is 0 Å². The van der Waals surface area contributed by atoms with E-state index >= 15 is 0 Å². The lowest BCUT2D eigenvalue weighted by Crippen LogP contribution is -2.40. The maximum absolute atomic E-state index is 14.9. The number of nitrogens with zero attached hydrogens (tertiary/aromatic N) is 2. The fourth-order valence-corrected chi connectivity index (χ4v) is 8.41. The smallest absolute Gasteiger partial charge is 0.313 e. The third kappa shape index (κ3) is 5.84. The van der Waals surface area contributed by atoms with Gasteiger partial charge in [-0.25, -0.2) is 4.57 Å². The van der Waals surface area contributed by atoms with Crippen LogP contribution in [0, 0.1) is 0 Å². The van der Waals surface area contributed by atoms with Crippen LogP contribution in [0.2, 0.25) is 0 Å². The van der Waals surface area contributed by atoms with Crippen molar-refractivity contribution in [3.63, 3.8) is 0 Å². The molecule has 216 valence electrons. The van der Waals surface area contributed by atoms with Gasteiger partial charge in [0.25, 0.3) is 0 Å². The molecule has 0 radical (unpaired) electrons. The number of rotatable bonds is 2. The van der Waals surface area contributed by atoms with E-state index in [0.717, 1.165) is 37.1 Å². The molecule has 2 fully saturated rings. The van der Waals surface area contributed by atoms with Crippen LogP contribution in [0.1, 0.15) is 131 Å². The lowest BCUT2D eigenvalue weighted by Gasteiger charge is -2.33. The van der Waals surface area contributed by atoms with E-state index in [0.29, 0.717) is 0 Å². The molecule has 4 rings (SSSR count). The van der Waals surface area contributed by atoms with Gasteiger partial charge in [0.2, 0.25) is 0 Å². The summed E-state index contributed by atoms with van der Waals surface area (Å²) in [5.74, 6) is 0. The van der Waals surface area contributed by atoms with Gasteiger partial charge in [0.05, 0.1) is 12.1 Å². The quantitative estimate of drug-likeness (QED) is 0.377. The van der Waals surface area contributed by atoms with Crippen LogP contribution >= 0.6 is 7.67 Å². The topological polar surface area (TPSA) is 43.8 Å². The normalized spacial score (nSPS) is 22.3. The van der Waals surface area contributed by atoms with Gasteiger partial charge in [-0.2, -0.15) is 0 Å². The van der Waals surface area contributed by atoms with Crippen molar-refractivity contribution in [1.82, 2.24) is 0 Å². The van der Waals surface area contributed by atoms with Gasteiger partial charge in [-0.05, 0) is 81.0 Å². The Morgan fingerprint density at radius 3 is 1.05 bits per heavy atom. The average Bonchev–Trinajstić information content (AvgIpc) is 3.02. The summed E-state index contributed by atoms with van der Waals surface area (Å²) in [5.41, 5.74) is 6.35. The Labute approximate surface area is 238 Å². The van der Waals surface area contributed by atoms with Crippen LogP contribution in [0.3, 0.4) is 0 Å². The molecule has 2 aromatic carbocycles. The number of hydrogen-bond donors (Lipinski definition) is 1. The van der Waals surface area contributed by atoms with Crippen LogP contribution in [0.4, 0.5) is 11.4 Å². The first-order chi connectivity index (χ1) is 17.6. The highest BCUT2D eigenvalue weighted by molar-refractivity contribution is 7.62.